The molecular weight excluding hydrogens is 240 g/mol. The third-order valence-corrected chi connectivity index (χ3v) is 2.99. The molecule has 1 heterocycles. The molecule has 5 nitrogen and oxygen atoms in total. The highest BCUT2D eigenvalue weighted by Crippen LogP contribution is 2.07. The molecule has 2 atom stereocenters. The standard InChI is InChI=1S/C11H20N2O3S/c1-8-6-13(4-3-5-16-8)11(15)10(7-17)12-9(2)14/h8,10,17H,3-7H2,1-2H3,(H,12,14). The summed E-state index contributed by atoms with van der Waals surface area (Å²) in [6.07, 6.45) is 0.870. The highest BCUT2D eigenvalue weighted by atomic mass is 32.1. The zero-order chi connectivity index (χ0) is 12.8. The molecule has 0 bridgehead atoms. The van der Waals surface area contributed by atoms with Crippen LogP contribution in [0.15, 0.2) is 0 Å². The van der Waals surface area contributed by atoms with Crippen LogP contribution in [0.4, 0.5) is 0 Å². The Morgan fingerprint density at radius 1 is 1.59 bits per heavy atom. The number of nitrogens with zero attached hydrogens (tertiary/aromatic N) is 1. The van der Waals surface area contributed by atoms with Crippen molar-refractivity contribution in [1.82, 2.24) is 10.2 Å². The predicted molar refractivity (Wildman–Crippen MR) is 68.1 cm³/mol. The van der Waals surface area contributed by atoms with Crippen LogP contribution in [-0.4, -0.2) is 54.3 Å². The molecule has 0 spiro atoms. The van der Waals surface area contributed by atoms with Crippen LogP contribution in [0, 0.1) is 0 Å². The minimum atomic E-state index is -0.541. The van der Waals surface area contributed by atoms with Gasteiger partial charge in [0.1, 0.15) is 6.04 Å². The molecule has 1 rings (SSSR count). The monoisotopic (exact) mass is 260 g/mol. The Morgan fingerprint density at radius 2 is 2.29 bits per heavy atom. The summed E-state index contributed by atoms with van der Waals surface area (Å²) in [4.78, 5) is 24.9. The molecule has 1 aliphatic rings. The van der Waals surface area contributed by atoms with E-state index in [2.05, 4.69) is 17.9 Å². The molecule has 1 fully saturated rings. The molecule has 17 heavy (non-hydrogen) atoms. The van der Waals surface area contributed by atoms with Crippen molar-refractivity contribution in [2.24, 2.45) is 0 Å². The summed E-state index contributed by atoms with van der Waals surface area (Å²) in [5.74, 6) is 0.0218. The van der Waals surface area contributed by atoms with Crippen LogP contribution in [0.5, 0.6) is 0 Å². The van der Waals surface area contributed by atoms with E-state index in [1.54, 1.807) is 4.90 Å². The Kier molecular flexibility index (Phi) is 5.77. The van der Waals surface area contributed by atoms with Gasteiger partial charge in [0.05, 0.1) is 6.10 Å². The lowest BCUT2D eigenvalue weighted by molar-refractivity contribution is -0.136. The molecule has 0 aromatic heterocycles. The summed E-state index contributed by atoms with van der Waals surface area (Å²) in [6, 6.07) is -0.541. The lowest BCUT2D eigenvalue weighted by atomic mass is 10.2. The van der Waals surface area contributed by atoms with Gasteiger partial charge in [-0.05, 0) is 13.3 Å². The second-order valence-electron chi connectivity index (χ2n) is 4.25. The molecule has 0 saturated carbocycles. The number of rotatable bonds is 3. The first-order valence-corrected chi connectivity index (χ1v) is 6.46. The van der Waals surface area contributed by atoms with E-state index in [-0.39, 0.29) is 17.9 Å². The van der Waals surface area contributed by atoms with E-state index in [4.69, 9.17) is 4.74 Å². The largest absolute Gasteiger partial charge is 0.377 e. The van der Waals surface area contributed by atoms with Gasteiger partial charge in [0.15, 0.2) is 0 Å². The van der Waals surface area contributed by atoms with Gasteiger partial charge in [-0.2, -0.15) is 12.6 Å². The van der Waals surface area contributed by atoms with Crippen LogP contribution in [0.25, 0.3) is 0 Å². The average molecular weight is 260 g/mol. The average Bonchev–Trinajstić information content (AvgIpc) is 2.49. The van der Waals surface area contributed by atoms with Crippen molar-refractivity contribution in [1.29, 1.82) is 0 Å². The van der Waals surface area contributed by atoms with Gasteiger partial charge in [-0.3, -0.25) is 9.59 Å². The fourth-order valence-corrected chi connectivity index (χ4v) is 2.09. The van der Waals surface area contributed by atoms with E-state index in [9.17, 15) is 9.59 Å². The molecule has 1 aliphatic heterocycles. The Bertz CT molecular complexity index is 286. The first-order valence-electron chi connectivity index (χ1n) is 5.83. The number of hydrogen-bond donors (Lipinski definition) is 2. The van der Waals surface area contributed by atoms with Crippen LogP contribution in [0.2, 0.25) is 0 Å². The lowest BCUT2D eigenvalue weighted by Crippen LogP contribution is -2.50. The quantitative estimate of drug-likeness (QED) is 0.705. The van der Waals surface area contributed by atoms with Gasteiger partial charge in [-0.15, -0.1) is 0 Å². The molecule has 98 valence electrons. The van der Waals surface area contributed by atoms with Crippen LogP contribution in [-0.2, 0) is 14.3 Å². The summed E-state index contributed by atoms with van der Waals surface area (Å²) in [6.45, 7) is 5.27. The Morgan fingerprint density at radius 3 is 2.88 bits per heavy atom. The van der Waals surface area contributed by atoms with Crippen LogP contribution in [0.3, 0.4) is 0 Å². The summed E-state index contributed by atoms with van der Waals surface area (Å²) in [5, 5.41) is 2.61. The number of carbonyl (C=O) groups is 2. The van der Waals surface area contributed by atoms with Crippen LogP contribution >= 0.6 is 12.6 Å². The fourth-order valence-electron chi connectivity index (χ4n) is 1.85. The van der Waals surface area contributed by atoms with Gasteiger partial charge in [0.2, 0.25) is 11.8 Å². The molecule has 2 unspecified atom stereocenters. The van der Waals surface area contributed by atoms with Gasteiger partial charge in [-0.25, -0.2) is 0 Å². The SMILES string of the molecule is CC(=O)NC(CS)C(=O)N1CCCOC(C)C1. The molecule has 2 amide bonds. The van der Waals surface area contributed by atoms with E-state index >= 15 is 0 Å². The van der Waals surface area contributed by atoms with Gasteiger partial charge >= 0.3 is 0 Å². The molecule has 0 aliphatic carbocycles. The zero-order valence-electron chi connectivity index (χ0n) is 10.3. The van der Waals surface area contributed by atoms with Crippen molar-refractivity contribution in [2.45, 2.75) is 32.4 Å². The molecular formula is C11H20N2O3S. The fraction of sp³-hybridized carbons (Fsp3) is 0.818. The van der Waals surface area contributed by atoms with Gasteiger partial charge in [-0.1, -0.05) is 0 Å². The maximum Gasteiger partial charge on any atom is 0.246 e. The third-order valence-electron chi connectivity index (χ3n) is 2.62. The number of hydrogen-bond acceptors (Lipinski definition) is 4. The molecule has 1 N–H and O–H groups in total. The molecule has 0 radical (unpaired) electrons. The Hall–Kier alpha value is -0.750. The van der Waals surface area contributed by atoms with Gasteiger partial charge in [0.25, 0.3) is 0 Å². The minimum absolute atomic E-state index is 0.0411. The van der Waals surface area contributed by atoms with Crippen molar-refractivity contribution in [3.8, 4) is 0 Å². The van der Waals surface area contributed by atoms with Crippen LogP contribution in [0.1, 0.15) is 20.3 Å². The predicted octanol–water partition coefficient (Wildman–Crippen LogP) is 0.0583. The smallest absolute Gasteiger partial charge is 0.246 e. The van der Waals surface area contributed by atoms with Crippen molar-refractivity contribution in [2.75, 3.05) is 25.4 Å². The number of ether oxygens (including phenoxy) is 1. The highest BCUT2D eigenvalue weighted by Gasteiger charge is 2.26. The van der Waals surface area contributed by atoms with E-state index in [1.807, 2.05) is 6.92 Å². The van der Waals surface area contributed by atoms with Gasteiger partial charge in [0, 0.05) is 32.4 Å². The normalized spacial score (nSPS) is 22.8. The first kappa shape index (κ1) is 14.3. The second-order valence-corrected chi connectivity index (χ2v) is 4.62. The Balaban J connectivity index is 2.61. The highest BCUT2D eigenvalue weighted by molar-refractivity contribution is 7.80. The summed E-state index contributed by atoms with van der Waals surface area (Å²) >= 11 is 4.11. The van der Waals surface area contributed by atoms with Crippen molar-refractivity contribution in [3.05, 3.63) is 0 Å². The lowest BCUT2D eigenvalue weighted by Gasteiger charge is -2.26. The molecule has 0 aromatic rings. The van der Waals surface area contributed by atoms with E-state index in [0.717, 1.165) is 6.42 Å². The molecule has 1 saturated heterocycles. The Labute approximate surface area is 107 Å². The van der Waals surface area contributed by atoms with Crippen molar-refractivity contribution in [3.63, 3.8) is 0 Å². The number of nitrogens with one attached hydrogen (secondary N) is 1. The van der Waals surface area contributed by atoms with E-state index in [1.165, 1.54) is 6.92 Å². The summed E-state index contributed by atoms with van der Waals surface area (Å²) < 4.78 is 5.48. The number of carbonyl (C=O) groups excluding carboxylic acids is 2. The molecule has 6 heteroatoms. The van der Waals surface area contributed by atoms with E-state index in [0.29, 0.717) is 25.4 Å². The summed E-state index contributed by atoms with van der Waals surface area (Å²) in [5.41, 5.74) is 0. The number of amides is 2. The van der Waals surface area contributed by atoms with Crippen LogP contribution < -0.4 is 5.32 Å². The van der Waals surface area contributed by atoms with E-state index < -0.39 is 6.04 Å². The zero-order valence-corrected chi connectivity index (χ0v) is 11.2. The second kappa shape index (κ2) is 6.86. The first-order chi connectivity index (χ1) is 8.04. The maximum absolute atomic E-state index is 12.2. The summed E-state index contributed by atoms with van der Waals surface area (Å²) in [7, 11) is 0. The van der Waals surface area contributed by atoms with Gasteiger partial charge < -0.3 is 15.0 Å². The maximum atomic E-state index is 12.2. The number of thiol groups is 1. The topological polar surface area (TPSA) is 58.6 Å². The minimum Gasteiger partial charge on any atom is -0.377 e. The third kappa shape index (κ3) is 4.55. The van der Waals surface area contributed by atoms with Crippen molar-refractivity contribution < 1.29 is 14.3 Å². The molecule has 0 aromatic carbocycles. The van der Waals surface area contributed by atoms with Crippen molar-refractivity contribution >= 4 is 24.4 Å².